The summed E-state index contributed by atoms with van der Waals surface area (Å²) in [5.41, 5.74) is 0.819. The number of hydrogen-bond acceptors (Lipinski definition) is 4. The van der Waals surface area contributed by atoms with Crippen LogP contribution in [0.5, 0.6) is 0 Å². The standard InChI is InChI=1S/C10H10O4S/c1-14-10(13)8-5(2-3-15-8)6-4-7(6)9(11)12/h2-3,6-7H,4H2,1H3,(H,11,12). The van der Waals surface area contributed by atoms with Crippen LogP contribution in [0.2, 0.25) is 0 Å². The molecular weight excluding hydrogens is 216 g/mol. The van der Waals surface area contributed by atoms with Crippen LogP contribution in [0.4, 0.5) is 0 Å². The number of hydrogen-bond donors (Lipinski definition) is 1. The van der Waals surface area contributed by atoms with Crippen LogP contribution in [0.3, 0.4) is 0 Å². The Kier molecular flexibility index (Phi) is 2.48. The molecule has 1 saturated carbocycles. The molecule has 0 aromatic carbocycles. The molecule has 15 heavy (non-hydrogen) atoms. The second kappa shape index (κ2) is 3.66. The van der Waals surface area contributed by atoms with E-state index in [2.05, 4.69) is 4.74 Å². The van der Waals surface area contributed by atoms with Crippen molar-refractivity contribution in [1.82, 2.24) is 0 Å². The van der Waals surface area contributed by atoms with Crippen LogP contribution in [-0.2, 0) is 9.53 Å². The van der Waals surface area contributed by atoms with Crippen LogP contribution >= 0.6 is 11.3 Å². The predicted octanol–water partition coefficient (Wildman–Crippen LogP) is 1.72. The number of esters is 1. The Bertz CT molecular complexity index is 409. The van der Waals surface area contributed by atoms with E-state index in [1.807, 2.05) is 6.07 Å². The monoisotopic (exact) mass is 226 g/mol. The second-order valence-electron chi connectivity index (χ2n) is 3.48. The van der Waals surface area contributed by atoms with Gasteiger partial charge in [0.15, 0.2) is 0 Å². The Morgan fingerprint density at radius 1 is 1.60 bits per heavy atom. The number of ether oxygens (including phenoxy) is 1. The lowest BCUT2D eigenvalue weighted by atomic mass is 10.1. The Balaban J connectivity index is 2.20. The molecular formula is C10H10O4S. The third-order valence-corrected chi connectivity index (χ3v) is 3.48. The van der Waals surface area contributed by atoms with Crippen LogP contribution in [-0.4, -0.2) is 24.2 Å². The highest BCUT2D eigenvalue weighted by Crippen LogP contribution is 2.49. The first-order valence-electron chi connectivity index (χ1n) is 4.53. The SMILES string of the molecule is COC(=O)c1sccc1C1CC1C(=O)O. The van der Waals surface area contributed by atoms with Gasteiger partial charge in [-0.1, -0.05) is 0 Å². The average Bonchev–Trinajstić information content (AvgIpc) is 2.88. The fourth-order valence-electron chi connectivity index (χ4n) is 1.68. The van der Waals surface area contributed by atoms with Crippen molar-refractivity contribution in [2.45, 2.75) is 12.3 Å². The van der Waals surface area contributed by atoms with Crippen LogP contribution < -0.4 is 0 Å². The first-order chi connectivity index (χ1) is 7.15. The fourth-order valence-corrected chi connectivity index (χ4v) is 2.57. The van der Waals surface area contributed by atoms with E-state index in [1.54, 1.807) is 5.38 Å². The zero-order valence-corrected chi connectivity index (χ0v) is 8.91. The highest BCUT2D eigenvalue weighted by Gasteiger charge is 2.46. The maximum Gasteiger partial charge on any atom is 0.348 e. The van der Waals surface area contributed by atoms with Crippen LogP contribution in [0.25, 0.3) is 0 Å². The van der Waals surface area contributed by atoms with Crippen LogP contribution in [0, 0.1) is 5.92 Å². The van der Waals surface area contributed by atoms with Gasteiger partial charge < -0.3 is 9.84 Å². The zero-order chi connectivity index (χ0) is 11.0. The number of thiophene rings is 1. The highest BCUT2D eigenvalue weighted by molar-refractivity contribution is 7.12. The van der Waals surface area contributed by atoms with Crippen molar-refractivity contribution in [3.05, 3.63) is 21.9 Å². The number of carboxylic acids is 1. The van der Waals surface area contributed by atoms with Gasteiger partial charge in [-0.2, -0.15) is 0 Å². The smallest absolute Gasteiger partial charge is 0.348 e. The maximum absolute atomic E-state index is 11.3. The van der Waals surface area contributed by atoms with Gasteiger partial charge in [-0.25, -0.2) is 4.79 Å². The van der Waals surface area contributed by atoms with E-state index in [1.165, 1.54) is 18.4 Å². The normalized spacial score (nSPS) is 23.5. The number of carbonyl (C=O) groups is 2. The third-order valence-electron chi connectivity index (χ3n) is 2.57. The van der Waals surface area contributed by atoms with Crippen molar-refractivity contribution in [3.63, 3.8) is 0 Å². The molecule has 1 heterocycles. The Hall–Kier alpha value is -1.36. The molecule has 1 aliphatic rings. The van der Waals surface area contributed by atoms with Gasteiger partial charge in [0.2, 0.25) is 0 Å². The second-order valence-corrected chi connectivity index (χ2v) is 4.40. The lowest BCUT2D eigenvalue weighted by Crippen LogP contribution is -2.03. The fraction of sp³-hybridized carbons (Fsp3) is 0.400. The maximum atomic E-state index is 11.3. The van der Waals surface area contributed by atoms with Crippen molar-refractivity contribution >= 4 is 23.3 Å². The van der Waals surface area contributed by atoms with Crippen molar-refractivity contribution in [1.29, 1.82) is 0 Å². The first-order valence-corrected chi connectivity index (χ1v) is 5.41. The molecule has 0 spiro atoms. The van der Waals surface area contributed by atoms with Crippen molar-refractivity contribution in [3.8, 4) is 0 Å². The molecule has 1 aromatic rings. The molecule has 0 bridgehead atoms. The number of carbonyl (C=O) groups excluding carboxylic acids is 1. The molecule has 80 valence electrons. The average molecular weight is 226 g/mol. The minimum atomic E-state index is -0.790. The Morgan fingerprint density at radius 3 is 2.87 bits per heavy atom. The van der Waals surface area contributed by atoms with Gasteiger partial charge in [0.1, 0.15) is 4.88 Å². The molecule has 1 fully saturated rings. The quantitative estimate of drug-likeness (QED) is 0.797. The number of carboxylic acid groups (broad SMARTS) is 1. The molecule has 2 unspecified atom stereocenters. The van der Waals surface area contributed by atoms with Crippen LogP contribution in [0.1, 0.15) is 27.6 Å². The van der Waals surface area contributed by atoms with E-state index in [0.717, 1.165) is 5.56 Å². The summed E-state index contributed by atoms with van der Waals surface area (Å²) in [6.45, 7) is 0. The van der Waals surface area contributed by atoms with E-state index in [0.29, 0.717) is 11.3 Å². The van der Waals surface area contributed by atoms with E-state index >= 15 is 0 Å². The molecule has 1 N–H and O–H groups in total. The summed E-state index contributed by atoms with van der Waals surface area (Å²) in [6, 6.07) is 1.81. The van der Waals surface area contributed by atoms with Crippen molar-refractivity contribution in [2.75, 3.05) is 7.11 Å². The topological polar surface area (TPSA) is 63.6 Å². The van der Waals surface area contributed by atoms with Gasteiger partial charge in [0.25, 0.3) is 0 Å². The third kappa shape index (κ3) is 1.74. The summed E-state index contributed by atoms with van der Waals surface area (Å²) >= 11 is 1.30. The van der Waals surface area contributed by atoms with Gasteiger partial charge in [0.05, 0.1) is 13.0 Å². The van der Waals surface area contributed by atoms with E-state index in [4.69, 9.17) is 5.11 Å². The lowest BCUT2D eigenvalue weighted by molar-refractivity contribution is -0.138. The summed E-state index contributed by atoms with van der Waals surface area (Å²) in [5, 5.41) is 10.6. The lowest BCUT2D eigenvalue weighted by Gasteiger charge is -1.99. The molecule has 0 saturated heterocycles. The highest BCUT2D eigenvalue weighted by atomic mass is 32.1. The summed E-state index contributed by atoms with van der Waals surface area (Å²) in [4.78, 5) is 22.6. The van der Waals surface area contributed by atoms with E-state index < -0.39 is 5.97 Å². The van der Waals surface area contributed by atoms with Gasteiger partial charge in [-0.3, -0.25) is 4.79 Å². The van der Waals surface area contributed by atoms with Gasteiger partial charge in [-0.15, -0.1) is 11.3 Å². The zero-order valence-electron chi connectivity index (χ0n) is 8.10. The molecule has 0 aliphatic heterocycles. The molecule has 5 heteroatoms. The van der Waals surface area contributed by atoms with Crippen molar-refractivity contribution in [2.24, 2.45) is 5.92 Å². The van der Waals surface area contributed by atoms with Crippen LogP contribution in [0.15, 0.2) is 11.4 Å². The van der Waals surface area contributed by atoms with Crippen molar-refractivity contribution < 1.29 is 19.4 Å². The number of rotatable bonds is 3. The Labute approximate surface area is 90.5 Å². The molecule has 1 aliphatic carbocycles. The minimum Gasteiger partial charge on any atom is -0.481 e. The van der Waals surface area contributed by atoms with Gasteiger partial charge in [-0.05, 0) is 29.3 Å². The number of aliphatic carboxylic acids is 1. The molecule has 0 radical (unpaired) electrons. The molecule has 2 rings (SSSR count). The van der Waals surface area contributed by atoms with E-state index in [9.17, 15) is 9.59 Å². The van der Waals surface area contributed by atoms with Gasteiger partial charge in [0, 0.05) is 0 Å². The summed E-state index contributed by atoms with van der Waals surface area (Å²) in [5.74, 6) is -1.51. The summed E-state index contributed by atoms with van der Waals surface area (Å²) in [6.07, 6.45) is 0.621. The largest absolute Gasteiger partial charge is 0.481 e. The van der Waals surface area contributed by atoms with E-state index in [-0.39, 0.29) is 17.8 Å². The summed E-state index contributed by atoms with van der Waals surface area (Å²) in [7, 11) is 1.33. The summed E-state index contributed by atoms with van der Waals surface area (Å²) < 4.78 is 4.63. The molecule has 0 amide bonds. The molecule has 4 nitrogen and oxygen atoms in total. The number of methoxy groups -OCH3 is 1. The first kappa shape index (κ1) is 10.2. The Morgan fingerprint density at radius 2 is 2.33 bits per heavy atom. The molecule has 2 atom stereocenters. The van der Waals surface area contributed by atoms with Gasteiger partial charge >= 0.3 is 11.9 Å². The molecule has 1 aromatic heterocycles. The predicted molar refractivity (Wildman–Crippen MR) is 54.1 cm³/mol. The minimum absolute atomic E-state index is 0.0113.